The maximum Gasteiger partial charge on any atom is 0.323 e. The second-order valence-corrected chi connectivity index (χ2v) is 38.5. The molecule has 0 aliphatic carbocycles. The lowest BCUT2D eigenvalue weighted by molar-refractivity contribution is -0.149. The van der Waals surface area contributed by atoms with Crippen molar-refractivity contribution >= 4 is 146 Å². The van der Waals surface area contributed by atoms with Gasteiger partial charge < -0.3 is 109 Å². The highest BCUT2D eigenvalue weighted by Crippen LogP contribution is 2.30. The van der Waals surface area contributed by atoms with Gasteiger partial charge in [0.15, 0.2) is 0 Å². The van der Waals surface area contributed by atoms with Crippen LogP contribution in [0.5, 0.6) is 0 Å². The number of ketones is 1. The molecule has 138 heavy (non-hydrogen) atoms. The van der Waals surface area contributed by atoms with Crippen LogP contribution in [0.3, 0.4) is 0 Å². The maximum atomic E-state index is 16.0. The molecule has 0 saturated carbocycles. The van der Waals surface area contributed by atoms with Gasteiger partial charge in [0.1, 0.15) is 103 Å². The van der Waals surface area contributed by atoms with E-state index in [-0.39, 0.29) is 134 Å². The lowest BCUT2D eigenvalue weighted by Crippen LogP contribution is -2.61. The zero-order chi connectivity index (χ0) is 101. The number of aliphatic carboxylic acids is 2. The minimum absolute atomic E-state index is 0.0151. The van der Waals surface area contributed by atoms with Crippen molar-refractivity contribution in [1.82, 2.24) is 81.9 Å². The van der Waals surface area contributed by atoms with E-state index >= 15 is 52.7 Å². The molecule has 42 heteroatoms. The van der Waals surface area contributed by atoms with Crippen LogP contribution in [0.2, 0.25) is 0 Å². The number of primary amides is 2. The Hall–Kier alpha value is -12.9. The summed E-state index contributed by atoms with van der Waals surface area (Å²) in [5, 5.41) is 45.6. The second-order valence-electron chi connectivity index (χ2n) is 37.5. The molecule has 4 aliphatic heterocycles. The Labute approximate surface area is 804 Å². The summed E-state index contributed by atoms with van der Waals surface area (Å²) in [5.74, 6) is -19.8. The predicted octanol–water partition coefficient (Wildman–Crippen LogP) is 1.90. The van der Waals surface area contributed by atoms with Crippen molar-refractivity contribution in [1.29, 1.82) is 0 Å². The SMILES string of the molecule is CCCC[C@H]1C(=O)N(C)[C@@H](CCCC)C(=O)N[C@@H](CCC(=O)O)C(=O)N[C@H](C(N)=O)CSCC(=O)N[C@@H](Cc2ccc(F)cc2)C(=O)N2CCCC[C@H]2C(=O)N[C@@H](CC(N)=O)C(=O)N2CCC[C@H]2C(=O)N[C@@H](CCC(=O)C(C)(C)C)C(=O)N[C@@H](CC(C)C)C(=O)N2CCC[C@H]2C(=O)N[C@@H](Cc2c[nH]c3ccccc23)C(=O)N[C@@H](CCN)C(=O)N[C@@H](Cc2cn(CC(=O)O)c3ccccc23)C(=O)N1C. The summed E-state index contributed by atoms with van der Waals surface area (Å²) in [6.07, 6.45) is 1.60. The molecule has 752 valence electrons. The van der Waals surface area contributed by atoms with Crippen LogP contribution in [0.1, 0.15) is 194 Å². The predicted molar refractivity (Wildman–Crippen MR) is 508 cm³/mol. The summed E-state index contributed by atoms with van der Waals surface area (Å²) in [5.41, 5.74) is 19.3. The van der Waals surface area contributed by atoms with Crippen molar-refractivity contribution in [2.75, 3.05) is 51.8 Å². The van der Waals surface area contributed by atoms with Gasteiger partial charge in [0.25, 0.3) is 0 Å². The summed E-state index contributed by atoms with van der Waals surface area (Å²) in [4.78, 5) is 287. The Morgan fingerprint density at radius 3 is 1.57 bits per heavy atom. The Kier molecular flexibility index (Phi) is 40.2. The molecular formula is C96H134FN19O21S. The molecule has 14 atom stereocenters. The number of hydrogen-bond acceptors (Lipinski definition) is 21. The largest absolute Gasteiger partial charge is 0.481 e. The number of piperidine rings is 1. The van der Waals surface area contributed by atoms with Crippen LogP contribution in [0, 0.1) is 17.2 Å². The van der Waals surface area contributed by atoms with E-state index < -0.39 is 240 Å². The minimum atomic E-state index is -1.77. The van der Waals surface area contributed by atoms with E-state index in [9.17, 15) is 53.0 Å². The van der Waals surface area contributed by atoms with Crippen molar-refractivity contribution in [2.45, 2.75) is 287 Å². The number of carboxylic acids is 2. The van der Waals surface area contributed by atoms with E-state index in [0.29, 0.717) is 70.6 Å². The van der Waals surface area contributed by atoms with Crippen molar-refractivity contribution in [3.8, 4) is 0 Å². The molecule has 18 N–H and O–H groups in total. The van der Waals surface area contributed by atoms with Crippen LogP contribution in [-0.2, 0) is 117 Å². The van der Waals surface area contributed by atoms with Gasteiger partial charge >= 0.3 is 11.9 Å². The zero-order valence-corrected chi connectivity index (χ0v) is 80.6. The third-order valence-corrected chi connectivity index (χ3v) is 26.6. The van der Waals surface area contributed by atoms with E-state index in [1.54, 1.807) is 96.3 Å². The highest BCUT2D eigenvalue weighted by Gasteiger charge is 2.47. The van der Waals surface area contributed by atoms with Gasteiger partial charge in [-0.3, -0.25) is 91.1 Å². The number of para-hydroxylation sites is 2. The molecular weight excluding hydrogens is 1810 g/mol. The number of likely N-dealkylation sites (N-methyl/N-ethyl adjacent to an activating group) is 2. The summed E-state index contributed by atoms with van der Waals surface area (Å²) in [7, 11) is 2.61. The number of carboxylic acid groups (broad SMARTS) is 2. The number of amides is 16. The molecule has 9 rings (SSSR count). The average Bonchev–Trinajstić information content (AvgIpc) is 1.62. The van der Waals surface area contributed by atoms with Gasteiger partial charge in [-0.15, -0.1) is 11.8 Å². The van der Waals surface area contributed by atoms with Gasteiger partial charge in [0, 0.05) is 111 Å². The Bertz CT molecular complexity index is 5250. The molecule has 0 radical (unpaired) electrons. The first-order valence-corrected chi connectivity index (χ1v) is 48.5. The Balaban J connectivity index is 1.12. The van der Waals surface area contributed by atoms with Gasteiger partial charge in [-0.2, -0.15) is 0 Å². The third kappa shape index (κ3) is 29.8. The third-order valence-electron chi connectivity index (χ3n) is 25.6. The van der Waals surface area contributed by atoms with Gasteiger partial charge in [-0.05, 0) is 137 Å². The maximum absolute atomic E-state index is 16.0. The first kappa shape index (κ1) is 109. The number of fused-ring (bicyclic) bond motifs is 5. The first-order valence-electron chi connectivity index (χ1n) is 47.4. The van der Waals surface area contributed by atoms with Crippen LogP contribution in [0.15, 0.2) is 85.2 Å². The van der Waals surface area contributed by atoms with Gasteiger partial charge in [0.05, 0.1) is 12.2 Å². The normalized spacial score (nSPS) is 24.6. The van der Waals surface area contributed by atoms with Gasteiger partial charge in [0.2, 0.25) is 94.5 Å². The minimum Gasteiger partial charge on any atom is -0.481 e. The Morgan fingerprint density at radius 1 is 0.500 bits per heavy atom. The molecule has 4 aliphatic rings. The quantitative estimate of drug-likeness (QED) is 0.0357. The fraction of sp³-hybridized carbons (Fsp3) is 0.573. The smallest absolute Gasteiger partial charge is 0.323 e. The monoisotopic (exact) mass is 1940 g/mol. The average molecular weight is 1940 g/mol. The molecule has 0 bridgehead atoms. The highest BCUT2D eigenvalue weighted by atomic mass is 32.2. The number of Topliss-reactive ketones (excluding diaryl/α,β-unsaturated/α-hetero) is 1. The summed E-state index contributed by atoms with van der Waals surface area (Å²) in [6.45, 7) is 11.1. The molecule has 4 fully saturated rings. The number of carbonyl (C=O) groups is 19. The summed E-state index contributed by atoms with van der Waals surface area (Å²) in [6, 6.07) is -2.75. The molecule has 6 heterocycles. The molecule has 2 aromatic heterocycles. The van der Waals surface area contributed by atoms with Crippen LogP contribution in [0.25, 0.3) is 21.8 Å². The van der Waals surface area contributed by atoms with Crippen LogP contribution >= 0.6 is 11.8 Å². The van der Waals surface area contributed by atoms with E-state index in [2.05, 4.69) is 52.8 Å². The molecule has 4 saturated heterocycles. The zero-order valence-electron chi connectivity index (χ0n) is 79.8. The van der Waals surface area contributed by atoms with E-state index in [1.807, 2.05) is 6.92 Å². The van der Waals surface area contributed by atoms with E-state index in [1.165, 1.54) is 46.8 Å². The number of nitrogens with zero attached hydrogens (tertiary/aromatic N) is 6. The summed E-state index contributed by atoms with van der Waals surface area (Å²) < 4.78 is 15.9. The number of nitrogens with one attached hydrogen (secondary N) is 10. The number of aromatic nitrogens is 2. The van der Waals surface area contributed by atoms with Crippen molar-refractivity contribution in [3.05, 3.63) is 108 Å². The fourth-order valence-electron chi connectivity index (χ4n) is 18.1. The van der Waals surface area contributed by atoms with Crippen LogP contribution in [0.4, 0.5) is 4.39 Å². The van der Waals surface area contributed by atoms with E-state index in [4.69, 9.17) is 17.2 Å². The fourth-order valence-corrected chi connectivity index (χ4v) is 18.9. The van der Waals surface area contributed by atoms with Gasteiger partial charge in [-0.1, -0.05) is 123 Å². The Morgan fingerprint density at radius 2 is 0.986 bits per heavy atom. The number of aromatic amines is 1. The molecule has 3 aromatic carbocycles. The number of carbonyl (C=O) groups excluding carboxylic acids is 17. The van der Waals surface area contributed by atoms with Crippen LogP contribution in [-0.4, -0.2) is 293 Å². The van der Waals surface area contributed by atoms with Crippen LogP contribution < -0.4 is 65.1 Å². The van der Waals surface area contributed by atoms with E-state index in [0.717, 1.165) is 38.6 Å². The first-order chi connectivity index (χ1) is 65.5. The second kappa shape index (κ2) is 51.0. The van der Waals surface area contributed by atoms with Crippen molar-refractivity contribution < 1.29 is 106 Å². The number of hydrogen-bond donors (Lipinski definition) is 15. The topological polar surface area (TPSA) is 588 Å². The number of halogens is 1. The molecule has 5 aromatic rings. The number of thioether (sulfide) groups is 1. The lowest BCUT2D eigenvalue weighted by Gasteiger charge is -2.38. The highest BCUT2D eigenvalue weighted by molar-refractivity contribution is 8.00. The van der Waals surface area contributed by atoms with Crippen molar-refractivity contribution in [3.63, 3.8) is 0 Å². The summed E-state index contributed by atoms with van der Waals surface area (Å²) >= 11 is 0.744. The van der Waals surface area contributed by atoms with Gasteiger partial charge in [-0.25, -0.2) is 4.39 Å². The number of unbranched alkanes of at least 4 members (excludes halogenated alkanes) is 2. The number of nitrogens with two attached hydrogens (primary N) is 3. The number of rotatable bonds is 27. The number of benzene rings is 3. The number of H-pyrrole nitrogens is 1. The lowest BCUT2D eigenvalue weighted by atomic mass is 9.87. The molecule has 16 amide bonds. The van der Waals surface area contributed by atoms with Crippen molar-refractivity contribution in [2.24, 2.45) is 28.5 Å². The molecule has 0 spiro atoms. The molecule has 0 unspecified atom stereocenters. The molecule has 40 nitrogen and oxygen atoms in total. The standard InChI is InChI=1S/C96H134FN19O21S/c1-10-12-25-72-87(129)104-63(36-38-80(120)121)84(126)110-70(82(100)124)52-138-53-79(119)102-67(45-55-31-33-58(97)34-32-55)93(135)114-41-19-18-28-73(114)90(132)109-69(48-78(99)118)94(136)116-43-20-29-74(116)88(130)105-62(35-37-77(117)96(5,6)7)83(125)107-66(44-54(3)4)92(134)115-42-21-30-75(115)89(131)106-65(46-56-49-101-61-24-16-14-22-59(56)61)86(128)103-64(39-40-98)85(127)108-68(91(133)112(9)76(26-13-11-2)95(137)111(72)8)47-57-50-113(51-81(122)123)71-27-17-15-23-60(57)71/h14-17,22-24,27,31-34,49-50,54,62-70,72-76,101H,10-13,18-21,25-26,28-30,35-48,51-53,98H2,1-9H3,(H2,99,118)(H2,100,124)(H,102,119)(H,103,128)(H,104,129)(H,105,130)(H,106,131)(H,107,125)(H,108,127)(H,109,132)(H,110,126)(H,120,121)(H,122,123)/t62-,63-,64-,65-,66-,67-,68-,69-,70-,72-,73-,74-,75-,76-/m0/s1.